The lowest BCUT2D eigenvalue weighted by Gasteiger charge is -2.39. The number of piperidine rings is 1. The van der Waals surface area contributed by atoms with Gasteiger partial charge in [0.1, 0.15) is 0 Å². The molecule has 0 saturated carbocycles. The summed E-state index contributed by atoms with van der Waals surface area (Å²) < 4.78 is 27.5. The van der Waals surface area contributed by atoms with Crippen molar-refractivity contribution in [3.8, 4) is 0 Å². The van der Waals surface area contributed by atoms with Crippen molar-refractivity contribution < 1.29 is 23.1 Å². The van der Waals surface area contributed by atoms with E-state index in [-0.39, 0.29) is 28.6 Å². The molecule has 10 nitrogen and oxygen atoms in total. The molecule has 0 radical (unpaired) electrons. The number of benzene rings is 3. The number of carbonyl (C=O) groups is 2. The van der Waals surface area contributed by atoms with Crippen LogP contribution in [0, 0.1) is 5.92 Å². The van der Waals surface area contributed by atoms with E-state index >= 15 is 0 Å². The smallest absolute Gasteiger partial charge is 0.251 e. The molecule has 2 amide bonds. The van der Waals surface area contributed by atoms with Gasteiger partial charge in [0, 0.05) is 30.3 Å². The second-order valence-corrected chi connectivity index (χ2v) is 15.6. The summed E-state index contributed by atoms with van der Waals surface area (Å²) in [6, 6.07) is 22.8. The van der Waals surface area contributed by atoms with Gasteiger partial charge in [-0.1, -0.05) is 74.5 Å². The molecule has 49 heavy (non-hydrogen) atoms. The molecule has 266 valence electrons. The maximum atomic E-state index is 13.9. The number of rotatable bonds is 16. The largest absolute Gasteiger partial charge is 0.390 e. The van der Waals surface area contributed by atoms with Crippen molar-refractivity contribution in [3.05, 3.63) is 101 Å². The molecular weight excluding hydrogens is 639 g/mol. The van der Waals surface area contributed by atoms with Gasteiger partial charge in [-0.15, -0.1) is 0 Å². The Hall–Kier alpha value is -3.77. The Kier molecular flexibility index (Phi) is 13.8. The molecule has 4 rings (SSSR count). The summed E-state index contributed by atoms with van der Waals surface area (Å²) in [5.74, 6) is -0.530. The highest BCUT2D eigenvalue weighted by Crippen LogP contribution is 2.21. The molecule has 0 aliphatic carbocycles. The van der Waals surface area contributed by atoms with Crippen LogP contribution in [0.4, 0.5) is 5.69 Å². The summed E-state index contributed by atoms with van der Waals surface area (Å²) in [4.78, 5) is 32.0. The van der Waals surface area contributed by atoms with Crippen molar-refractivity contribution in [3.63, 3.8) is 0 Å². The minimum Gasteiger partial charge on any atom is -0.390 e. The standard InChI is InChI=1S/C38H53N5O5S/c1-6-49(47,48)41-33-23-31(37(45)39-28(4)30-15-11-8-12-16-30)22-32(24-33)38(46)40-35(21-29-13-9-7-10-14-29)36(44)26-42(5)34-17-19-43(20-18-34)25-27(2)3/h7-16,22-24,27-28,34-36,41,44H,6,17-21,25-26H2,1-5H3,(H,39,45)(H,40,46). The maximum Gasteiger partial charge on any atom is 0.251 e. The third kappa shape index (κ3) is 11.7. The van der Waals surface area contributed by atoms with Crippen molar-refractivity contribution in [2.45, 2.75) is 71.2 Å². The van der Waals surface area contributed by atoms with Crippen LogP contribution in [-0.2, 0) is 16.4 Å². The summed E-state index contributed by atoms with van der Waals surface area (Å²) >= 11 is 0. The van der Waals surface area contributed by atoms with Gasteiger partial charge in [0.05, 0.1) is 29.6 Å². The van der Waals surface area contributed by atoms with Crippen LogP contribution in [0.1, 0.15) is 78.4 Å². The molecule has 1 aliphatic heterocycles. The van der Waals surface area contributed by atoms with Crippen LogP contribution in [0.15, 0.2) is 78.9 Å². The zero-order valence-electron chi connectivity index (χ0n) is 29.4. The molecule has 1 saturated heterocycles. The van der Waals surface area contributed by atoms with Gasteiger partial charge in [-0.05, 0) is 88.5 Å². The Labute approximate surface area is 292 Å². The second-order valence-electron chi connectivity index (χ2n) is 13.6. The molecule has 1 fully saturated rings. The Morgan fingerprint density at radius 3 is 2.04 bits per heavy atom. The summed E-state index contributed by atoms with van der Waals surface area (Å²) in [6.07, 6.45) is 1.53. The Balaban J connectivity index is 1.55. The Bertz CT molecular complexity index is 1610. The zero-order valence-corrected chi connectivity index (χ0v) is 30.2. The number of anilines is 1. The molecule has 0 bridgehead atoms. The van der Waals surface area contributed by atoms with Crippen LogP contribution in [0.2, 0.25) is 0 Å². The zero-order chi connectivity index (χ0) is 35.6. The average Bonchev–Trinajstić information content (AvgIpc) is 3.08. The van der Waals surface area contributed by atoms with E-state index in [1.165, 1.54) is 25.1 Å². The van der Waals surface area contributed by atoms with Gasteiger partial charge < -0.3 is 25.5 Å². The highest BCUT2D eigenvalue weighted by atomic mass is 32.2. The average molecular weight is 692 g/mol. The fourth-order valence-electron chi connectivity index (χ4n) is 6.34. The number of carbonyl (C=O) groups excluding carboxylic acids is 2. The van der Waals surface area contributed by atoms with Gasteiger partial charge in [-0.3, -0.25) is 14.3 Å². The van der Waals surface area contributed by atoms with Gasteiger partial charge in [0.25, 0.3) is 11.8 Å². The van der Waals surface area contributed by atoms with Crippen LogP contribution in [-0.4, -0.2) is 92.3 Å². The molecule has 3 aromatic rings. The number of hydrogen-bond acceptors (Lipinski definition) is 7. The van der Waals surface area contributed by atoms with Crippen molar-refractivity contribution >= 4 is 27.5 Å². The molecule has 4 N–H and O–H groups in total. The van der Waals surface area contributed by atoms with E-state index in [0.717, 1.165) is 43.6 Å². The van der Waals surface area contributed by atoms with E-state index < -0.39 is 34.0 Å². The first-order valence-corrected chi connectivity index (χ1v) is 19.0. The van der Waals surface area contributed by atoms with Gasteiger partial charge in [-0.25, -0.2) is 8.42 Å². The molecule has 3 aromatic carbocycles. The van der Waals surface area contributed by atoms with Crippen LogP contribution < -0.4 is 15.4 Å². The maximum absolute atomic E-state index is 13.9. The van der Waals surface area contributed by atoms with Crippen LogP contribution >= 0.6 is 0 Å². The first-order valence-electron chi connectivity index (χ1n) is 17.3. The topological polar surface area (TPSA) is 131 Å². The van der Waals surface area contributed by atoms with E-state index in [9.17, 15) is 23.1 Å². The number of nitrogens with one attached hydrogen (secondary N) is 3. The normalized spacial score (nSPS) is 16.2. The first kappa shape index (κ1) is 38.0. The monoisotopic (exact) mass is 691 g/mol. The Morgan fingerprint density at radius 1 is 0.898 bits per heavy atom. The third-order valence-corrected chi connectivity index (χ3v) is 10.4. The van der Waals surface area contributed by atoms with Crippen molar-refractivity contribution in [1.29, 1.82) is 0 Å². The molecule has 0 aromatic heterocycles. The molecule has 1 heterocycles. The van der Waals surface area contributed by atoms with Crippen LogP contribution in [0.3, 0.4) is 0 Å². The second kappa shape index (κ2) is 17.8. The van der Waals surface area contributed by atoms with Crippen molar-refractivity contribution in [1.82, 2.24) is 20.4 Å². The van der Waals surface area contributed by atoms with Gasteiger partial charge >= 0.3 is 0 Å². The number of hydrogen-bond donors (Lipinski definition) is 4. The van der Waals surface area contributed by atoms with E-state index in [1.54, 1.807) is 0 Å². The number of likely N-dealkylation sites (tertiary alicyclic amines) is 1. The summed E-state index contributed by atoms with van der Waals surface area (Å²) in [7, 11) is -1.67. The van der Waals surface area contributed by atoms with Crippen molar-refractivity contribution in [2.75, 3.05) is 43.7 Å². The molecule has 3 atom stereocenters. The lowest BCUT2D eigenvalue weighted by atomic mass is 9.98. The quantitative estimate of drug-likeness (QED) is 0.172. The summed E-state index contributed by atoms with van der Waals surface area (Å²) in [5.41, 5.74) is 2.20. The molecule has 11 heteroatoms. The predicted molar refractivity (Wildman–Crippen MR) is 196 cm³/mol. The fourth-order valence-corrected chi connectivity index (χ4v) is 6.96. The van der Waals surface area contributed by atoms with E-state index in [1.807, 2.05) is 74.6 Å². The SMILES string of the molecule is CCS(=O)(=O)Nc1cc(C(=O)NC(C)c2ccccc2)cc(C(=O)NC(Cc2ccccc2)C(O)CN(C)C2CCN(CC(C)C)CC2)c1. The van der Waals surface area contributed by atoms with E-state index in [4.69, 9.17) is 0 Å². The minimum absolute atomic E-state index is 0.102. The third-order valence-electron chi connectivity index (χ3n) is 9.12. The predicted octanol–water partition coefficient (Wildman–Crippen LogP) is 4.69. The van der Waals surface area contributed by atoms with Gasteiger partial charge in [0.15, 0.2) is 0 Å². The molecule has 0 spiro atoms. The summed E-state index contributed by atoms with van der Waals surface area (Å²) in [6.45, 7) is 11.3. The number of nitrogens with zero attached hydrogens (tertiary/aromatic N) is 2. The van der Waals surface area contributed by atoms with E-state index in [0.29, 0.717) is 24.9 Å². The van der Waals surface area contributed by atoms with Crippen LogP contribution in [0.25, 0.3) is 0 Å². The highest BCUT2D eigenvalue weighted by molar-refractivity contribution is 7.92. The molecular formula is C38H53N5O5S. The Morgan fingerprint density at radius 2 is 1.47 bits per heavy atom. The van der Waals surface area contributed by atoms with Gasteiger partial charge in [0.2, 0.25) is 10.0 Å². The molecule has 1 aliphatic rings. The fraction of sp³-hybridized carbons (Fsp3) is 0.474. The molecule has 3 unspecified atom stereocenters. The number of aliphatic hydroxyl groups is 1. The first-order chi connectivity index (χ1) is 23.3. The lowest BCUT2D eigenvalue weighted by molar-refractivity contribution is 0.0489. The van der Waals surface area contributed by atoms with Gasteiger partial charge in [-0.2, -0.15) is 0 Å². The van der Waals surface area contributed by atoms with Crippen molar-refractivity contribution in [2.24, 2.45) is 5.92 Å². The number of amides is 2. The number of sulfonamides is 1. The summed E-state index contributed by atoms with van der Waals surface area (Å²) in [5, 5.41) is 17.6. The lowest BCUT2D eigenvalue weighted by Crippen LogP contribution is -2.52. The highest BCUT2D eigenvalue weighted by Gasteiger charge is 2.29. The number of likely N-dealkylation sites (N-methyl/N-ethyl adjacent to an activating group) is 1. The van der Waals surface area contributed by atoms with Crippen LogP contribution in [0.5, 0.6) is 0 Å². The van der Waals surface area contributed by atoms with E-state index in [2.05, 4.69) is 39.0 Å². The number of aliphatic hydroxyl groups excluding tert-OH is 1. The minimum atomic E-state index is -3.70.